The molecular weight excluding hydrogens is 210 g/mol. The summed E-state index contributed by atoms with van der Waals surface area (Å²) in [5.74, 6) is 0.811. The van der Waals surface area contributed by atoms with Gasteiger partial charge in [0.25, 0.3) is 0 Å². The molecule has 0 aliphatic heterocycles. The standard InChI is InChI=1S/C8H18ClNO2S/c1-7(2)6-13(11,12)10-8(3)4-5-9/h7-8,10H,4-6H2,1-3H3. The highest BCUT2D eigenvalue weighted by atomic mass is 35.5. The van der Waals surface area contributed by atoms with E-state index in [0.29, 0.717) is 12.3 Å². The number of hydrogen-bond acceptors (Lipinski definition) is 2. The van der Waals surface area contributed by atoms with Crippen molar-refractivity contribution in [2.75, 3.05) is 11.6 Å². The third kappa shape index (κ3) is 7.28. The van der Waals surface area contributed by atoms with Crippen molar-refractivity contribution in [3.8, 4) is 0 Å². The van der Waals surface area contributed by atoms with Crippen molar-refractivity contribution >= 4 is 21.6 Å². The van der Waals surface area contributed by atoms with Gasteiger partial charge >= 0.3 is 0 Å². The summed E-state index contributed by atoms with van der Waals surface area (Å²) >= 11 is 5.50. The van der Waals surface area contributed by atoms with Gasteiger partial charge in [0.1, 0.15) is 0 Å². The lowest BCUT2D eigenvalue weighted by Crippen LogP contribution is -2.35. The van der Waals surface area contributed by atoms with E-state index in [4.69, 9.17) is 11.6 Å². The Kier molecular flexibility index (Phi) is 5.92. The second kappa shape index (κ2) is 5.83. The maximum absolute atomic E-state index is 11.4. The van der Waals surface area contributed by atoms with Gasteiger partial charge in [-0.2, -0.15) is 0 Å². The van der Waals surface area contributed by atoms with Crippen LogP contribution in [0.2, 0.25) is 0 Å². The van der Waals surface area contributed by atoms with Gasteiger partial charge in [-0.25, -0.2) is 13.1 Å². The lowest BCUT2D eigenvalue weighted by Gasteiger charge is -2.13. The topological polar surface area (TPSA) is 46.2 Å². The summed E-state index contributed by atoms with van der Waals surface area (Å²) in [4.78, 5) is 0. The van der Waals surface area contributed by atoms with Crippen LogP contribution in [0.1, 0.15) is 27.2 Å². The maximum Gasteiger partial charge on any atom is 0.212 e. The molecule has 0 aliphatic carbocycles. The van der Waals surface area contributed by atoms with Crippen LogP contribution in [0.3, 0.4) is 0 Å². The lowest BCUT2D eigenvalue weighted by atomic mass is 10.3. The predicted octanol–water partition coefficient (Wildman–Crippen LogP) is 1.58. The highest BCUT2D eigenvalue weighted by Gasteiger charge is 2.15. The number of hydrogen-bond donors (Lipinski definition) is 1. The average molecular weight is 228 g/mol. The molecule has 0 aromatic heterocycles. The predicted molar refractivity (Wildman–Crippen MR) is 56.6 cm³/mol. The fourth-order valence-corrected chi connectivity index (χ4v) is 3.05. The summed E-state index contributed by atoms with van der Waals surface area (Å²) in [5.41, 5.74) is 0. The summed E-state index contributed by atoms with van der Waals surface area (Å²) in [6, 6.07) is -0.0683. The van der Waals surface area contributed by atoms with Gasteiger partial charge < -0.3 is 0 Å². The van der Waals surface area contributed by atoms with E-state index in [1.54, 1.807) is 0 Å². The first kappa shape index (κ1) is 13.2. The molecule has 0 heterocycles. The molecule has 5 heteroatoms. The number of alkyl halides is 1. The Morgan fingerprint density at radius 2 is 1.85 bits per heavy atom. The third-order valence-corrected chi connectivity index (χ3v) is 3.56. The van der Waals surface area contributed by atoms with Crippen molar-refractivity contribution < 1.29 is 8.42 Å². The maximum atomic E-state index is 11.4. The van der Waals surface area contributed by atoms with E-state index in [1.807, 2.05) is 20.8 Å². The van der Waals surface area contributed by atoms with Gasteiger partial charge in [-0.1, -0.05) is 13.8 Å². The van der Waals surface area contributed by atoms with Crippen molar-refractivity contribution in [1.82, 2.24) is 4.72 Å². The second-order valence-electron chi connectivity index (χ2n) is 3.67. The van der Waals surface area contributed by atoms with Crippen LogP contribution in [-0.4, -0.2) is 26.1 Å². The van der Waals surface area contributed by atoms with E-state index in [1.165, 1.54) is 0 Å². The molecule has 80 valence electrons. The normalized spacial score (nSPS) is 14.8. The van der Waals surface area contributed by atoms with Gasteiger partial charge in [-0.15, -0.1) is 11.6 Å². The van der Waals surface area contributed by atoms with Crippen LogP contribution in [0.25, 0.3) is 0 Å². The van der Waals surface area contributed by atoms with E-state index in [2.05, 4.69) is 4.72 Å². The SMILES string of the molecule is CC(C)CS(=O)(=O)NC(C)CCCl. The molecule has 0 saturated heterocycles. The Morgan fingerprint density at radius 1 is 1.31 bits per heavy atom. The molecule has 0 rings (SSSR count). The number of sulfonamides is 1. The molecule has 1 N–H and O–H groups in total. The Bertz CT molecular complexity index is 226. The van der Waals surface area contributed by atoms with Crippen LogP contribution in [0.4, 0.5) is 0 Å². The van der Waals surface area contributed by atoms with Crippen molar-refractivity contribution in [3.05, 3.63) is 0 Å². The quantitative estimate of drug-likeness (QED) is 0.701. The minimum absolute atomic E-state index is 0.0683. The molecule has 0 aliphatic rings. The third-order valence-electron chi connectivity index (χ3n) is 1.48. The smallest absolute Gasteiger partial charge is 0.212 e. The Hall–Kier alpha value is 0.200. The van der Waals surface area contributed by atoms with Crippen molar-refractivity contribution in [2.45, 2.75) is 33.2 Å². The van der Waals surface area contributed by atoms with Crippen molar-refractivity contribution in [3.63, 3.8) is 0 Å². The molecule has 0 amide bonds. The van der Waals surface area contributed by atoms with Gasteiger partial charge in [0.2, 0.25) is 10.0 Å². The van der Waals surface area contributed by atoms with E-state index in [-0.39, 0.29) is 17.7 Å². The van der Waals surface area contributed by atoms with E-state index >= 15 is 0 Å². The first-order valence-electron chi connectivity index (χ1n) is 4.43. The summed E-state index contributed by atoms with van der Waals surface area (Å²) < 4.78 is 25.3. The Labute approximate surface area is 85.9 Å². The summed E-state index contributed by atoms with van der Waals surface area (Å²) in [7, 11) is -3.11. The molecule has 0 aromatic rings. The van der Waals surface area contributed by atoms with Crippen LogP contribution in [-0.2, 0) is 10.0 Å². The molecule has 0 bridgehead atoms. The number of rotatable bonds is 6. The molecule has 3 nitrogen and oxygen atoms in total. The number of nitrogens with one attached hydrogen (secondary N) is 1. The van der Waals surface area contributed by atoms with Crippen molar-refractivity contribution in [2.24, 2.45) is 5.92 Å². The van der Waals surface area contributed by atoms with Gasteiger partial charge in [-0.3, -0.25) is 0 Å². The van der Waals surface area contributed by atoms with E-state index in [0.717, 1.165) is 0 Å². The van der Waals surface area contributed by atoms with Gasteiger partial charge in [0.05, 0.1) is 5.75 Å². The molecule has 0 radical (unpaired) electrons. The molecule has 1 unspecified atom stereocenters. The fourth-order valence-electron chi connectivity index (χ4n) is 1.02. The minimum atomic E-state index is -3.11. The average Bonchev–Trinajstić information content (AvgIpc) is 1.81. The molecular formula is C8H18ClNO2S. The molecule has 0 spiro atoms. The van der Waals surface area contributed by atoms with Crippen LogP contribution in [0.5, 0.6) is 0 Å². The molecule has 0 saturated carbocycles. The van der Waals surface area contributed by atoms with Crippen LogP contribution >= 0.6 is 11.6 Å². The molecule has 13 heavy (non-hydrogen) atoms. The van der Waals surface area contributed by atoms with Crippen LogP contribution in [0.15, 0.2) is 0 Å². The molecule has 0 fully saturated rings. The zero-order valence-electron chi connectivity index (χ0n) is 8.38. The molecule has 0 aromatic carbocycles. The largest absolute Gasteiger partial charge is 0.212 e. The number of halogens is 1. The second-order valence-corrected chi connectivity index (χ2v) is 5.85. The molecule has 1 atom stereocenters. The highest BCUT2D eigenvalue weighted by molar-refractivity contribution is 7.89. The van der Waals surface area contributed by atoms with E-state index in [9.17, 15) is 8.42 Å². The summed E-state index contributed by atoms with van der Waals surface area (Å²) in [6.45, 7) is 5.58. The van der Waals surface area contributed by atoms with Gasteiger partial charge in [0.15, 0.2) is 0 Å². The van der Waals surface area contributed by atoms with Crippen LogP contribution in [0, 0.1) is 5.92 Å². The van der Waals surface area contributed by atoms with Gasteiger partial charge in [-0.05, 0) is 19.3 Å². The summed E-state index contributed by atoms with van der Waals surface area (Å²) in [6.07, 6.45) is 0.666. The Morgan fingerprint density at radius 3 is 2.23 bits per heavy atom. The fraction of sp³-hybridized carbons (Fsp3) is 1.00. The Balaban J connectivity index is 4.02. The summed E-state index contributed by atoms with van der Waals surface area (Å²) in [5, 5.41) is 0. The zero-order valence-corrected chi connectivity index (χ0v) is 9.95. The van der Waals surface area contributed by atoms with E-state index < -0.39 is 10.0 Å². The lowest BCUT2D eigenvalue weighted by molar-refractivity contribution is 0.546. The first-order chi connectivity index (χ1) is 5.87. The first-order valence-corrected chi connectivity index (χ1v) is 6.62. The minimum Gasteiger partial charge on any atom is -0.212 e. The monoisotopic (exact) mass is 227 g/mol. The zero-order chi connectivity index (χ0) is 10.5. The highest BCUT2D eigenvalue weighted by Crippen LogP contribution is 2.01. The van der Waals surface area contributed by atoms with Gasteiger partial charge in [0, 0.05) is 11.9 Å². The van der Waals surface area contributed by atoms with Crippen molar-refractivity contribution in [1.29, 1.82) is 0 Å². The van der Waals surface area contributed by atoms with Crippen LogP contribution < -0.4 is 4.72 Å².